The first-order chi connectivity index (χ1) is 9.94. The molecule has 1 unspecified atom stereocenters. The monoisotopic (exact) mass is 280 g/mol. The second-order valence-corrected chi connectivity index (χ2v) is 6.86. The summed E-state index contributed by atoms with van der Waals surface area (Å²) in [6.07, 6.45) is 1.16. The summed E-state index contributed by atoms with van der Waals surface area (Å²) < 4.78 is 0. The Morgan fingerprint density at radius 2 is 1.86 bits per heavy atom. The fourth-order valence-corrected chi connectivity index (χ4v) is 3.34. The molecule has 0 aliphatic carbocycles. The summed E-state index contributed by atoms with van der Waals surface area (Å²) in [7, 11) is 0. The summed E-state index contributed by atoms with van der Waals surface area (Å²) in [4.78, 5) is 0. The summed E-state index contributed by atoms with van der Waals surface area (Å²) in [5.41, 5.74) is 6.49. The number of rotatable bonds is 2. The van der Waals surface area contributed by atoms with Gasteiger partial charge in [0.15, 0.2) is 0 Å². The van der Waals surface area contributed by atoms with E-state index in [1.54, 1.807) is 0 Å². The lowest BCUT2D eigenvalue weighted by Crippen LogP contribution is -2.36. The van der Waals surface area contributed by atoms with E-state index in [2.05, 4.69) is 74.7 Å². The lowest BCUT2D eigenvalue weighted by molar-refractivity contribution is 0.454. The average molecular weight is 280 g/mol. The molecule has 2 aromatic carbocycles. The molecule has 21 heavy (non-hydrogen) atoms. The highest BCUT2D eigenvalue weighted by Gasteiger charge is 2.29. The van der Waals surface area contributed by atoms with Crippen LogP contribution in [-0.2, 0) is 0 Å². The predicted octanol–water partition coefficient (Wildman–Crippen LogP) is 5.44. The van der Waals surface area contributed by atoms with Gasteiger partial charge >= 0.3 is 0 Å². The number of hydrogen-bond donors (Lipinski definition) is 2. The van der Waals surface area contributed by atoms with Crippen molar-refractivity contribution in [2.45, 2.75) is 45.6 Å². The Morgan fingerprint density at radius 3 is 2.57 bits per heavy atom. The Balaban J connectivity index is 1.96. The van der Waals surface area contributed by atoms with Gasteiger partial charge in [0.25, 0.3) is 0 Å². The molecule has 110 valence electrons. The normalized spacial score (nSPS) is 19.5. The van der Waals surface area contributed by atoms with Gasteiger partial charge < -0.3 is 10.6 Å². The van der Waals surface area contributed by atoms with Crippen LogP contribution in [-0.4, -0.2) is 5.54 Å². The predicted molar refractivity (Wildman–Crippen MR) is 91.6 cm³/mol. The van der Waals surface area contributed by atoms with Crippen LogP contribution in [0.1, 0.15) is 44.2 Å². The largest absolute Gasteiger partial charge is 0.380 e. The van der Waals surface area contributed by atoms with Crippen LogP contribution in [0.2, 0.25) is 0 Å². The Bertz CT molecular complexity index is 644. The molecule has 0 bridgehead atoms. The smallest absolute Gasteiger partial charge is 0.0418 e. The van der Waals surface area contributed by atoms with E-state index in [-0.39, 0.29) is 5.54 Å². The highest BCUT2D eigenvalue weighted by atomic mass is 15.0. The third kappa shape index (κ3) is 2.90. The van der Waals surface area contributed by atoms with E-state index in [1.807, 2.05) is 6.07 Å². The van der Waals surface area contributed by atoms with Crippen molar-refractivity contribution < 1.29 is 0 Å². The molecule has 0 aromatic heterocycles. The highest BCUT2D eigenvalue weighted by Crippen LogP contribution is 2.41. The quantitative estimate of drug-likeness (QED) is 0.765. The summed E-state index contributed by atoms with van der Waals surface area (Å²) in [5, 5.41) is 7.21. The van der Waals surface area contributed by atoms with Gasteiger partial charge in [0.1, 0.15) is 0 Å². The first-order valence-electron chi connectivity index (χ1n) is 7.69. The SMILES string of the molecule is Cc1cc2c(cc1Nc1ccccc1)C(C)CC(C)(C)N2. The van der Waals surface area contributed by atoms with Gasteiger partial charge in [-0.25, -0.2) is 0 Å². The molecule has 3 rings (SSSR count). The van der Waals surface area contributed by atoms with Crippen LogP contribution in [0.15, 0.2) is 42.5 Å². The fourth-order valence-electron chi connectivity index (χ4n) is 3.34. The molecule has 0 saturated carbocycles. The molecule has 2 aromatic rings. The van der Waals surface area contributed by atoms with Crippen molar-refractivity contribution in [2.75, 3.05) is 10.6 Å². The van der Waals surface area contributed by atoms with Crippen molar-refractivity contribution in [1.82, 2.24) is 0 Å². The van der Waals surface area contributed by atoms with E-state index in [9.17, 15) is 0 Å². The number of fused-ring (bicyclic) bond motifs is 1. The molecule has 0 saturated heterocycles. The molecule has 1 aliphatic heterocycles. The van der Waals surface area contributed by atoms with Crippen molar-refractivity contribution in [3.8, 4) is 0 Å². The second-order valence-electron chi connectivity index (χ2n) is 6.86. The van der Waals surface area contributed by atoms with Crippen LogP contribution < -0.4 is 10.6 Å². The molecule has 2 N–H and O–H groups in total. The highest BCUT2D eigenvalue weighted by molar-refractivity contribution is 5.71. The van der Waals surface area contributed by atoms with Gasteiger partial charge in [-0.05, 0) is 68.5 Å². The van der Waals surface area contributed by atoms with Gasteiger partial charge in [-0.3, -0.25) is 0 Å². The van der Waals surface area contributed by atoms with Crippen LogP contribution in [0.25, 0.3) is 0 Å². The zero-order valence-electron chi connectivity index (χ0n) is 13.3. The number of aryl methyl sites for hydroxylation is 1. The minimum Gasteiger partial charge on any atom is -0.380 e. The van der Waals surface area contributed by atoms with Crippen LogP contribution in [0.5, 0.6) is 0 Å². The van der Waals surface area contributed by atoms with Crippen molar-refractivity contribution in [1.29, 1.82) is 0 Å². The first kappa shape index (κ1) is 14.0. The minimum absolute atomic E-state index is 0.174. The van der Waals surface area contributed by atoms with Crippen LogP contribution >= 0.6 is 0 Å². The van der Waals surface area contributed by atoms with Crippen molar-refractivity contribution in [3.63, 3.8) is 0 Å². The molecular formula is C19H24N2. The maximum atomic E-state index is 3.67. The van der Waals surface area contributed by atoms with E-state index >= 15 is 0 Å². The Morgan fingerprint density at radius 1 is 1.14 bits per heavy atom. The average Bonchev–Trinajstić information content (AvgIpc) is 2.40. The molecular weight excluding hydrogens is 256 g/mol. The molecule has 1 aliphatic rings. The third-order valence-electron chi connectivity index (χ3n) is 4.27. The molecule has 1 atom stereocenters. The summed E-state index contributed by atoms with van der Waals surface area (Å²) >= 11 is 0. The molecule has 2 nitrogen and oxygen atoms in total. The minimum atomic E-state index is 0.174. The van der Waals surface area contributed by atoms with Crippen LogP contribution in [0.3, 0.4) is 0 Å². The Labute approximate surface area is 127 Å². The van der Waals surface area contributed by atoms with Crippen molar-refractivity contribution >= 4 is 17.1 Å². The van der Waals surface area contributed by atoms with E-state index in [0.717, 1.165) is 12.1 Å². The molecule has 0 spiro atoms. The first-order valence-corrected chi connectivity index (χ1v) is 7.69. The summed E-state index contributed by atoms with van der Waals surface area (Å²) in [5.74, 6) is 0.577. The number of anilines is 3. The zero-order chi connectivity index (χ0) is 15.0. The van der Waals surface area contributed by atoms with Crippen molar-refractivity contribution in [2.24, 2.45) is 0 Å². The zero-order valence-corrected chi connectivity index (χ0v) is 13.3. The van der Waals surface area contributed by atoms with Gasteiger partial charge in [-0.1, -0.05) is 25.1 Å². The lowest BCUT2D eigenvalue weighted by atomic mass is 9.81. The number of benzene rings is 2. The van der Waals surface area contributed by atoms with E-state index in [4.69, 9.17) is 0 Å². The van der Waals surface area contributed by atoms with Crippen LogP contribution in [0.4, 0.5) is 17.1 Å². The topological polar surface area (TPSA) is 24.1 Å². The molecule has 1 heterocycles. The summed E-state index contributed by atoms with van der Waals surface area (Å²) in [6.45, 7) is 9.04. The maximum Gasteiger partial charge on any atom is 0.0418 e. The number of hydrogen-bond acceptors (Lipinski definition) is 2. The van der Waals surface area contributed by atoms with Crippen LogP contribution in [0, 0.1) is 6.92 Å². The fraction of sp³-hybridized carbons (Fsp3) is 0.368. The number of nitrogens with one attached hydrogen (secondary N) is 2. The van der Waals surface area contributed by atoms with Gasteiger partial charge in [-0.2, -0.15) is 0 Å². The van der Waals surface area contributed by atoms with Gasteiger partial charge in [0.05, 0.1) is 0 Å². The molecule has 0 amide bonds. The van der Waals surface area contributed by atoms with E-state index in [1.165, 1.54) is 22.5 Å². The second kappa shape index (κ2) is 5.10. The van der Waals surface area contributed by atoms with Gasteiger partial charge in [0, 0.05) is 22.6 Å². The Kier molecular flexibility index (Phi) is 3.40. The Hall–Kier alpha value is -1.96. The van der Waals surface area contributed by atoms with Gasteiger partial charge in [0.2, 0.25) is 0 Å². The molecule has 0 radical (unpaired) electrons. The standard InChI is InChI=1S/C19H24N2/c1-13-10-18-16(14(2)12-19(3,4)21-18)11-17(13)20-15-8-6-5-7-9-15/h5-11,14,20-21H,12H2,1-4H3. The maximum absolute atomic E-state index is 3.67. The van der Waals surface area contributed by atoms with Crippen molar-refractivity contribution in [3.05, 3.63) is 53.6 Å². The third-order valence-corrected chi connectivity index (χ3v) is 4.27. The molecule has 2 heteroatoms. The summed E-state index contributed by atoms with van der Waals surface area (Å²) in [6, 6.07) is 14.9. The van der Waals surface area contributed by atoms with Gasteiger partial charge in [-0.15, -0.1) is 0 Å². The number of para-hydroxylation sites is 1. The van der Waals surface area contributed by atoms with E-state index in [0.29, 0.717) is 5.92 Å². The lowest BCUT2D eigenvalue weighted by Gasteiger charge is -2.38. The molecule has 0 fully saturated rings. The van der Waals surface area contributed by atoms with E-state index < -0.39 is 0 Å².